The number of aromatic amines is 1. The van der Waals surface area contributed by atoms with Crippen LogP contribution in [0.5, 0.6) is 0 Å². The number of rotatable bonds is 2. The van der Waals surface area contributed by atoms with Crippen molar-refractivity contribution in [3.8, 4) is 0 Å². The van der Waals surface area contributed by atoms with Crippen molar-refractivity contribution in [2.75, 3.05) is 6.61 Å². The highest BCUT2D eigenvalue weighted by molar-refractivity contribution is 6.39. The van der Waals surface area contributed by atoms with Gasteiger partial charge in [-0.15, -0.1) is 0 Å². The summed E-state index contributed by atoms with van der Waals surface area (Å²) in [5, 5.41) is 33.4. The van der Waals surface area contributed by atoms with Gasteiger partial charge in [0.05, 0.1) is 46.5 Å². The second-order valence-electron chi connectivity index (χ2n) is 9.72. The number of aliphatic hydroxyl groups excluding tert-OH is 3. The van der Waals surface area contributed by atoms with Crippen LogP contribution >= 0.6 is 0 Å². The molecule has 200 valence electrons. The molecule has 4 atom stereocenters. The molecule has 7 rings (SSSR count). The highest BCUT2D eigenvalue weighted by Crippen LogP contribution is 2.46. The number of imide groups is 1. The first-order valence-electron chi connectivity index (χ1n) is 11.9. The fourth-order valence-corrected chi connectivity index (χ4v) is 5.89. The highest BCUT2D eigenvalue weighted by atomic mass is 19.2. The second-order valence-corrected chi connectivity index (χ2v) is 9.72. The largest absolute Gasteiger partial charge is 0.394 e. The lowest BCUT2D eigenvalue weighted by Gasteiger charge is -2.38. The monoisotopic (exact) mass is 543 g/mol. The third-order valence-electron chi connectivity index (χ3n) is 7.53. The number of amides is 2. The number of nitrogens with one attached hydrogen (secondary N) is 2. The minimum absolute atomic E-state index is 0.0143. The van der Waals surface area contributed by atoms with E-state index in [1.54, 1.807) is 0 Å². The Bertz CT molecular complexity index is 1930. The molecule has 0 aliphatic carbocycles. The number of carbonyl (C=O) groups excluding carboxylic acids is 2. The molecule has 0 spiro atoms. The Kier molecular flexibility index (Phi) is 4.92. The summed E-state index contributed by atoms with van der Waals surface area (Å²) < 4.78 is 64.8. The Hall–Kier alpha value is -4.04. The molecule has 0 saturated carbocycles. The highest BCUT2D eigenvalue weighted by Gasteiger charge is 2.42. The molecular weight excluding hydrogens is 526 g/mol. The molecule has 2 aliphatic rings. The van der Waals surface area contributed by atoms with Gasteiger partial charge in [0.25, 0.3) is 11.8 Å². The number of aliphatic hydroxyl groups is 3. The lowest BCUT2D eigenvalue weighted by Crippen LogP contribution is -2.46. The summed E-state index contributed by atoms with van der Waals surface area (Å²) in [6.07, 6.45) is -5.58. The van der Waals surface area contributed by atoms with Gasteiger partial charge in [0, 0.05) is 45.6 Å². The maximum Gasteiger partial charge on any atom is 0.259 e. The van der Waals surface area contributed by atoms with Gasteiger partial charge in [0.15, 0.2) is 29.5 Å². The van der Waals surface area contributed by atoms with Crippen molar-refractivity contribution >= 4 is 55.4 Å². The molecule has 1 fully saturated rings. The van der Waals surface area contributed by atoms with Gasteiger partial charge in [0.1, 0.15) is 6.10 Å². The SMILES string of the molecule is O=C1NC(=O)c2c1c1c3cc(F)c(F)cc3[nH]c1c1c2c2cc(F)c(F)cc2n1C1O[C@H](CO)C[C@H](O)[C@H]1O. The maximum atomic E-state index is 14.6. The second kappa shape index (κ2) is 7.99. The number of carbonyl (C=O) groups is 2. The third kappa shape index (κ3) is 3.09. The molecular formula is C26H17F4N3O6. The molecule has 0 radical (unpaired) electrons. The Balaban J connectivity index is 1.75. The summed E-state index contributed by atoms with van der Waals surface area (Å²) in [4.78, 5) is 29.0. The predicted octanol–water partition coefficient (Wildman–Crippen LogP) is 2.87. The zero-order chi connectivity index (χ0) is 27.5. The van der Waals surface area contributed by atoms with Crippen LogP contribution in [0, 0.1) is 23.3 Å². The van der Waals surface area contributed by atoms with Gasteiger partial charge in [-0.05, 0) is 12.1 Å². The Morgan fingerprint density at radius 2 is 1.51 bits per heavy atom. The van der Waals surface area contributed by atoms with Crippen LogP contribution in [0.3, 0.4) is 0 Å². The van der Waals surface area contributed by atoms with Gasteiger partial charge in [-0.3, -0.25) is 14.9 Å². The van der Waals surface area contributed by atoms with Crippen LogP contribution in [0.25, 0.3) is 43.6 Å². The smallest absolute Gasteiger partial charge is 0.259 e. The van der Waals surface area contributed by atoms with Crippen LogP contribution < -0.4 is 5.32 Å². The molecule has 2 amide bonds. The van der Waals surface area contributed by atoms with E-state index in [0.717, 1.165) is 24.3 Å². The summed E-state index contributed by atoms with van der Waals surface area (Å²) in [6.45, 7) is -0.535. The van der Waals surface area contributed by atoms with Crippen LogP contribution in [0.15, 0.2) is 24.3 Å². The molecule has 5 N–H and O–H groups in total. The number of hydrogen-bond acceptors (Lipinski definition) is 6. The molecule has 4 heterocycles. The number of H-pyrrole nitrogens is 1. The number of ether oxygens (including phenoxy) is 1. The summed E-state index contributed by atoms with van der Waals surface area (Å²) >= 11 is 0. The topological polar surface area (TPSA) is 137 Å². The molecule has 2 aliphatic heterocycles. The molecule has 2 aromatic heterocycles. The fourth-order valence-electron chi connectivity index (χ4n) is 5.89. The molecule has 1 unspecified atom stereocenters. The Labute approximate surface area is 214 Å². The average molecular weight is 543 g/mol. The molecule has 13 heteroatoms. The lowest BCUT2D eigenvalue weighted by molar-refractivity contribution is -0.202. The van der Waals surface area contributed by atoms with Crippen LogP contribution in [-0.2, 0) is 4.74 Å². The zero-order valence-electron chi connectivity index (χ0n) is 19.6. The standard InChI is InChI=1S/C26H17F4N3O6/c27-10-2-8-14(4-12(10)29)31-21-17(8)19-20(25(38)32-24(19)37)18-9-3-11(28)13(30)5-15(9)33(22(18)21)26-23(36)16(35)1-7(6-34)39-26/h2-5,7,16,23,26,31,34-36H,1,6H2,(H,32,37,38)/t7-,16-,23+,26?/m0/s1. The van der Waals surface area contributed by atoms with Gasteiger partial charge in [0.2, 0.25) is 0 Å². The lowest BCUT2D eigenvalue weighted by atomic mass is 9.96. The van der Waals surface area contributed by atoms with Gasteiger partial charge in [-0.25, -0.2) is 17.6 Å². The van der Waals surface area contributed by atoms with Crippen LogP contribution in [0.2, 0.25) is 0 Å². The van der Waals surface area contributed by atoms with E-state index < -0.39 is 66.2 Å². The van der Waals surface area contributed by atoms with Crippen LogP contribution in [0.1, 0.15) is 33.4 Å². The normalized spacial score (nSPS) is 23.5. The molecule has 5 aromatic rings. The van der Waals surface area contributed by atoms with Crippen molar-refractivity contribution in [1.29, 1.82) is 0 Å². The first-order valence-corrected chi connectivity index (χ1v) is 11.9. The summed E-state index contributed by atoms with van der Waals surface area (Å²) in [7, 11) is 0. The van der Waals surface area contributed by atoms with Crippen LogP contribution in [-0.4, -0.2) is 61.6 Å². The van der Waals surface area contributed by atoms with Gasteiger partial charge >= 0.3 is 0 Å². The molecule has 39 heavy (non-hydrogen) atoms. The van der Waals surface area contributed by atoms with Gasteiger partial charge in [-0.1, -0.05) is 0 Å². The van der Waals surface area contributed by atoms with E-state index in [9.17, 15) is 42.5 Å². The zero-order valence-corrected chi connectivity index (χ0v) is 19.6. The van der Waals surface area contributed by atoms with E-state index in [1.807, 2.05) is 0 Å². The quantitative estimate of drug-likeness (QED) is 0.172. The van der Waals surface area contributed by atoms with Crippen LogP contribution in [0.4, 0.5) is 17.6 Å². The van der Waals surface area contributed by atoms with Crippen molar-refractivity contribution in [3.05, 3.63) is 58.7 Å². The van der Waals surface area contributed by atoms with Crippen molar-refractivity contribution < 1.29 is 47.2 Å². The summed E-state index contributed by atoms with van der Waals surface area (Å²) in [5.74, 6) is -6.63. The number of nitrogens with zero attached hydrogens (tertiary/aromatic N) is 1. The minimum Gasteiger partial charge on any atom is -0.394 e. The maximum absolute atomic E-state index is 14.6. The first-order chi connectivity index (χ1) is 18.6. The van der Waals surface area contributed by atoms with E-state index in [1.165, 1.54) is 4.57 Å². The summed E-state index contributed by atoms with van der Waals surface area (Å²) in [6, 6.07) is 3.35. The van der Waals surface area contributed by atoms with E-state index in [-0.39, 0.29) is 61.2 Å². The van der Waals surface area contributed by atoms with E-state index >= 15 is 0 Å². The van der Waals surface area contributed by atoms with E-state index in [4.69, 9.17) is 4.74 Å². The van der Waals surface area contributed by atoms with Crippen molar-refractivity contribution in [2.45, 2.75) is 31.0 Å². The number of fused-ring (bicyclic) bond motifs is 10. The van der Waals surface area contributed by atoms with E-state index in [2.05, 4.69) is 10.3 Å². The van der Waals surface area contributed by atoms with Crippen molar-refractivity contribution in [3.63, 3.8) is 0 Å². The minimum atomic E-state index is -1.63. The van der Waals surface area contributed by atoms with Crippen molar-refractivity contribution in [1.82, 2.24) is 14.9 Å². The number of benzene rings is 3. The number of halogens is 4. The fraction of sp³-hybridized carbons (Fsp3) is 0.231. The predicted molar refractivity (Wildman–Crippen MR) is 128 cm³/mol. The third-order valence-corrected chi connectivity index (χ3v) is 7.53. The number of hydrogen-bond donors (Lipinski definition) is 5. The Morgan fingerprint density at radius 1 is 0.897 bits per heavy atom. The van der Waals surface area contributed by atoms with Crippen molar-refractivity contribution in [2.24, 2.45) is 0 Å². The molecule has 0 bridgehead atoms. The van der Waals surface area contributed by atoms with Gasteiger partial charge in [-0.2, -0.15) is 0 Å². The van der Waals surface area contributed by atoms with E-state index in [0.29, 0.717) is 0 Å². The molecule has 9 nitrogen and oxygen atoms in total. The molecule has 3 aromatic carbocycles. The molecule has 1 saturated heterocycles. The average Bonchev–Trinajstić information content (AvgIpc) is 3.50. The summed E-state index contributed by atoms with van der Waals surface area (Å²) in [5.41, 5.74) is -0.341. The number of aromatic nitrogens is 2. The van der Waals surface area contributed by atoms with Gasteiger partial charge < -0.3 is 29.6 Å². The first kappa shape index (κ1) is 24.0. The Morgan fingerprint density at radius 3 is 2.21 bits per heavy atom.